The monoisotopic (exact) mass is 286 g/mol. The number of hydrogen-bond donors (Lipinski definition) is 2. The van der Waals surface area contributed by atoms with Crippen molar-refractivity contribution in [1.82, 2.24) is 10.2 Å². The molecule has 0 bridgehead atoms. The molecule has 0 spiro atoms. The van der Waals surface area contributed by atoms with Crippen molar-refractivity contribution >= 4 is 5.84 Å². The molecule has 0 atom stereocenters. The Hall–Kier alpha value is -2.63. The van der Waals surface area contributed by atoms with Crippen LogP contribution in [-0.2, 0) is 0 Å². The zero-order valence-electron chi connectivity index (χ0n) is 12.3. The molecule has 0 fully saturated rings. The van der Waals surface area contributed by atoms with Gasteiger partial charge in [0.25, 0.3) is 0 Å². The van der Waals surface area contributed by atoms with Gasteiger partial charge >= 0.3 is 0 Å². The van der Waals surface area contributed by atoms with Crippen molar-refractivity contribution in [2.24, 2.45) is 5.73 Å². The van der Waals surface area contributed by atoms with Gasteiger partial charge in [-0.2, -0.15) is 5.10 Å². The summed E-state index contributed by atoms with van der Waals surface area (Å²) >= 11 is 0. The third-order valence-electron chi connectivity index (χ3n) is 3.05. The first-order valence-corrected chi connectivity index (χ1v) is 6.62. The highest BCUT2D eigenvalue weighted by molar-refractivity contribution is 5.98. The molecule has 1 aromatic heterocycles. The van der Waals surface area contributed by atoms with Gasteiger partial charge in [-0.25, -0.2) is 0 Å². The summed E-state index contributed by atoms with van der Waals surface area (Å²) in [5, 5.41) is 15.7. The highest BCUT2D eigenvalue weighted by Crippen LogP contribution is 2.32. The van der Waals surface area contributed by atoms with Crippen molar-refractivity contribution in [2.75, 3.05) is 6.61 Å². The lowest BCUT2D eigenvalue weighted by Gasteiger charge is -2.14. The van der Waals surface area contributed by atoms with Crippen LogP contribution >= 0.6 is 0 Å². The number of aryl methyl sites for hydroxylation is 1. The van der Waals surface area contributed by atoms with Crippen LogP contribution in [0.5, 0.6) is 17.4 Å². The van der Waals surface area contributed by atoms with Crippen LogP contribution in [-0.4, -0.2) is 22.6 Å². The summed E-state index contributed by atoms with van der Waals surface area (Å²) in [7, 11) is 0. The molecule has 2 rings (SSSR count). The van der Waals surface area contributed by atoms with Gasteiger partial charge in [0, 0.05) is 0 Å². The van der Waals surface area contributed by atoms with Gasteiger partial charge in [-0.3, -0.25) is 5.41 Å². The average molecular weight is 286 g/mol. The molecule has 1 aromatic carbocycles. The summed E-state index contributed by atoms with van der Waals surface area (Å²) in [6.07, 6.45) is 0. The predicted octanol–water partition coefficient (Wildman–Crippen LogP) is 2.57. The molecule has 0 amide bonds. The van der Waals surface area contributed by atoms with E-state index in [2.05, 4.69) is 10.2 Å². The minimum Gasteiger partial charge on any atom is -0.490 e. The molecule has 1 heterocycles. The van der Waals surface area contributed by atoms with Gasteiger partial charge in [0.1, 0.15) is 5.84 Å². The van der Waals surface area contributed by atoms with E-state index in [1.54, 1.807) is 12.1 Å². The summed E-state index contributed by atoms with van der Waals surface area (Å²) < 4.78 is 11.3. The predicted molar refractivity (Wildman–Crippen MR) is 80.2 cm³/mol. The van der Waals surface area contributed by atoms with E-state index in [-0.39, 0.29) is 11.7 Å². The van der Waals surface area contributed by atoms with E-state index in [1.165, 1.54) is 0 Å². The molecule has 3 N–H and O–H groups in total. The Labute approximate surface area is 123 Å². The second-order valence-electron chi connectivity index (χ2n) is 4.49. The molecule has 0 aliphatic heterocycles. The van der Waals surface area contributed by atoms with Crippen molar-refractivity contribution in [2.45, 2.75) is 20.8 Å². The third-order valence-corrected chi connectivity index (χ3v) is 3.05. The van der Waals surface area contributed by atoms with Crippen LogP contribution in [0.15, 0.2) is 24.3 Å². The van der Waals surface area contributed by atoms with Crippen LogP contribution in [0.4, 0.5) is 0 Å². The molecule has 0 aliphatic carbocycles. The van der Waals surface area contributed by atoms with Crippen molar-refractivity contribution in [3.8, 4) is 17.4 Å². The van der Waals surface area contributed by atoms with Crippen LogP contribution in [0.3, 0.4) is 0 Å². The summed E-state index contributed by atoms with van der Waals surface area (Å²) in [6.45, 7) is 6.07. The zero-order chi connectivity index (χ0) is 15.4. The number of amidine groups is 1. The van der Waals surface area contributed by atoms with Gasteiger partial charge in [-0.1, -0.05) is 12.1 Å². The molecular formula is C15H18N4O2. The minimum atomic E-state index is -0.102. The van der Waals surface area contributed by atoms with Crippen LogP contribution in [0.1, 0.15) is 23.7 Å². The molecule has 6 heteroatoms. The first kappa shape index (κ1) is 14.8. The maximum Gasteiger partial charge on any atom is 0.250 e. The van der Waals surface area contributed by atoms with E-state index in [9.17, 15) is 0 Å². The Balaban J connectivity index is 2.45. The highest BCUT2D eigenvalue weighted by Gasteiger charge is 2.17. The quantitative estimate of drug-likeness (QED) is 0.650. The van der Waals surface area contributed by atoms with E-state index >= 15 is 0 Å². The zero-order valence-corrected chi connectivity index (χ0v) is 12.3. The fraction of sp³-hybridized carbons (Fsp3) is 0.267. The number of ether oxygens (including phenoxy) is 2. The molecule has 2 aromatic rings. The molecule has 21 heavy (non-hydrogen) atoms. The summed E-state index contributed by atoms with van der Waals surface area (Å²) in [5.74, 6) is 1.22. The Kier molecular flexibility index (Phi) is 4.37. The number of nitrogen functional groups attached to an aromatic ring is 1. The fourth-order valence-corrected chi connectivity index (χ4v) is 1.89. The minimum absolute atomic E-state index is 0.102. The lowest BCUT2D eigenvalue weighted by Crippen LogP contribution is -2.16. The molecular weight excluding hydrogens is 268 g/mol. The SMILES string of the molecule is CCOc1ccccc1Oc1nnc(C)c(C)c1C(=N)N. The van der Waals surface area contributed by atoms with Gasteiger partial charge in [0.2, 0.25) is 5.88 Å². The molecule has 110 valence electrons. The lowest BCUT2D eigenvalue weighted by atomic mass is 10.1. The van der Waals surface area contributed by atoms with E-state index in [0.717, 1.165) is 5.56 Å². The number of hydrogen-bond acceptors (Lipinski definition) is 5. The van der Waals surface area contributed by atoms with E-state index in [4.69, 9.17) is 20.6 Å². The number of para-hydroxylation sites is 2. The van der Waals surface area contributed by atoms with E-state index in [1.807, 2.05) is 32.9 Å². The van der Waals surface area contributed by atoms with E-state index in [0.29, 0.717) is 29.4 Å². The van der Waals surface area contributed by atoms with Crippen molar-refractivity contribution < 1.29 is 9.47 Å². The van der Waals surface area contributed by atoms with Gasteiger partial charge < -0.3 is 15.2 Å². The number of aromatic nitrogens is 2. The summed E-state index contributed by atoms with van der Waals surface area (Å²) in [5.41, 5.74) is 7.58. The first-order chi connectivity index (χ1) is 10.0. The normalized spacial score (nSPS) is 10.2. The van der Waals surface area contributed by atoms with Crippen LogP contribution in [0.25, 0.3) is 0 Å². The topological polar surface area (TPSA) is 94.1 Å². The largest absolute Gasteiger partial charge is 0.490 e. The maximum absolute atomic E-state index is 7.71. The van der Waals surface area contributed by atoms with Gasteiger partial charge in [0.05, 0.1) is 17.9 Å². The second-order valence-corrected chi connectivity index (χ2v) is 4.49. The van der Waals surface area contributed by atoms with Gasteiger partial charge in [-0.15, -0.1) is 5.10 Å². The number of rotatable bonds is 5. The number of nitrogens with zero attached hydrogens (tertiary/aromatic N) is 2. The number of benzene rings is 1. The van der Waals surface area contributed by atoms with Gasteiger partial charge in [0.15, 0.2) is 11.5 Å². The number of nitrogens with one attached hydrogen (secondary N) is 1. The highest BCUT2D eigenvalue weighted by atomic mass is 16.5. The number of nitrogens with two attached hydrogens (primary N) is 1. The van der Waals surface area contributed by atoms with Crippen LogP contribution in [0.2, 0.25) is 0 Å². The molecule has 0 saturated heterocycles. The summed E-state index contributed by atoms with van der Waals surface area (Å²) in [6, 6.07) is 7.27. The van der Waals surface area contributed by atoms with E-state index < -0.39 is 0 Å². The summed E-state index contributed by atoms with van der Waals surface area (Å²) in [4.78, 5) is 0. The molecule has 0 radical (unpaired) electrons. The van der Waals surface area contributed by atoms with Gasteiger partial charge in [-0.05, 0) is 38.5 Å². The standard InChI is InChI=1S/C15H18N4O2/c1-4-20-11-7-5-6-8-12(11)21-15-13(14(16)17)9(2)10(3)18-19-15/h5-8H,4H2,1-3H3,(H3,16,17). The van der Waals surface area contributed by atoms with Crippen molar-refractivity contribution in [3.63, 3.8) is 0 Å². The van der Waals surface area contributed by atoms with Crippen molar-refractivity contribution in [3.05, 3.63) is 41.1 Å². The third kappa shape index (κ3) is 3.10. The Morgan fingerprint density at radius 3 is 2.48 bits per heavy atom. The molecule has 0 saturated carbocycles. The second kappa shape index (κ2) is 6.21. The smallest absolute Gasteiger partial charge is 0.250 e. The van der Waals surface area contributed by atoms with Crippen molar-refractivity contribution in [1.29, 1.82) is 5.41 Å². The Morgan fingerprint density at radius 2 is 1.86 bits per heavy atom. The molecule has 0 aliphatic rings. The lowest BCUT2D eigenvalue weighted by molar-refractivity contribution is 0.318. The van der Waals surface area contributed by atoms with Crippen LogP contribution in [0, 0.1) is 19.3 Å². The first-order valence-electron chi connectivity index (χ1n) is 6.62. The molecule has 6 nitrogen and oxygen atoms in total. The Morgan fingerprint density at radius 1 is 1.19 bits per heavy atom. The fourth-order valence-electron chi connectivity index (χ4n) is 1.89. The average Bonchev–Trinajstić information content (AvgIpc) is 2.45. The Bertz CT molecular complexity index is 671. The maximum atomic E-state index is 7.71. The van der Waals surface area contributed by atoms with Crippen LogP contribution < -0.4 is 15.2 Å². The molecule has 0 unspecified atom stereocenters.